The van der Waals surface area contributed by atoms with E-state index >= 15 is 0 Å². The van der Waals surface area contributed by atoms with Gasteiger partial charge in [0.2, 0.25) is 5.76 Å². The van der Waals surface area contributed by atoms with E-state index in [9.17, 15) is 14.4 Å². The normalized spacial score (nSPS) is 18.4. The van der Waals surface area contributed by atoms with Gasteiger partial charge in [0.1, 0.15) is 5.58 Å². The van der Waals surface area contributed by atoms with Gasteiger partial charge in [-0.25, -0.2) is 0 Å². The van der Waals surface area contributed by atoms with E-state index in [4.69, 9.17) is 16.0 Å². The van der Waals surface area contributed by atoms with Gasteiger partial charge < -0.3 is 14.2 Å². The van der Waals surface area contributed by atoms with Gasteiger partial charge in [-0.1, -0.05) is 66.6 Å². The van der Waals surface area contributed by atoms with Crippen LogP contribution in [0, 0.1) is 6.92 Å². The van der Waals surface area contributed by atoms with Crippen molar-refractivity contribution in [1.82, 2.24) is 4.90 Å². The number of carbonyl (C=O) groups excluding carboxylic acids is 2. The topological polar surface area (TPSA) is 70.8 Å². The number of nitrogens with zero attached hydrogens (tertiary/aromatic N) is 2. The van der Waals surface area contributed by atoms with Gasteiger partial charge in [-0.05, 0) is 43.2 Å². The summed E-state index contributed by atoms with van der Waals surface area (Å²) in [6.45, 7) is 4.54. The van der Waals surface area contributed by atoms with Crippen LogP contribution in [0.3, 0.4) is 0 Å². The van der Waals surface area contributed by atoms with Gasteiger partial charge in [0.15, 0.2) is 11.0 Å². The van der Waals surface area contributed by atoms with Crippen molar-refractivity contribution in [2.45, 2.75) is 32.4 Å². The highest BCUT2D eigenvalue weighted by Gasteiger charge is 2.64. The van der Waals surface area contributed by atoms with Crippen molar-refractivity contribution in [2.75, 3.05) is 11.4 Å². The number of anilines is 1. The van der Waals surface area contributed by atoms with E-state index in [0.717, 1.165) is 11.1 Å². The first-order chi connectivity index (χ1) is 17.4. The summed E-state index contributed by atoms with van der Waals surface area (Å²) in [5.74, 6) is -0.871. The van der Waals surface area contributed by atoms with Crippen LogP contribution in [0.4, 0.5) is 5.69 Å². The van der Waals surface area contributed by atoms with Gasteiger partial charge in [-0.2, -0.15) is 0 Å². The summed E-state index contributed by atoms with van der Waals surface area (Å²) in [4.78, 5) is 45.5. The van der Waals surface area contributed by atoms with Crippen molar-refractivity contribution >= 4 is 40.1 Å². The predicted octanol–water partition coefficient (Wildman–Crippen LogP) is 5.41. The number of halogens is 1. The Morgan fingerprint density at radius 1 is 0.972 bits per heavy atom. The maximum absolute atomic E-state index is 14.5. The molecule has 2 aliphatic rings. The molecule has 0 radical (unpaired) electrons. The molecule has 6 rings (SSSR count). The first-order valence-electron chi connectivity index (χ1n) is 11.9. The molecule has 1 spiro atoms. The van der Waals surface area contributed by atoms with Crippen molar-refractivity contribution in [3.8, 4) is 0 Å². The molecule has 0 aliphatic carbocycles. The number of benzene rings is 3. The summed E-state index contributed by atoms with van der Waals surface area (Å²) < 4.78 is 6.03. The van der Waals surface area contributed by atoms with Crippen LogP contribution in [0.5, 0.6) is 0 Å². The van der Waals surface area contributed by atoms with Crippen LogP contribution in [-0.2, 0) is 16.9 Å². The predicted molar refractivity (Wildman–Crippen MR) is 138 cm³/mol. The minimum absolute atomic E-state index is 0.0694. The number of para-hydroxylation sites is 1. The lowest BCUT2D eigenvalue weighted by Gasteiger charge is -2.34. The Bertz CT molecular complexity index is 1640. The first kappa shape index (κ1) is 22.6. The minimum atomic E-state index is -1.60. The van der Waals surface area contributed by atoms with E-state index in [2.05, 4.69) is 0 Å². The summed E-state index contributed by atoms with van der Waals surface area (Å²) in [7, 11) is 0. The molecule has 0 saturated heterocycles. The number of rotatable bonds is 4. The van der Waals surface area contributed by atoms with Gasteiger partial charge in [0.05, 0.1) is 23.2 Å². The minimum Gasteiger partial charge on any atom is -0.450 e. The highest BCUT2D eigenvalue weighted by Crippen LogP contribution is 2.52. The van der Waals surface area contributed by atoms with E-state index in [-0.39, 0.29) is 34.7 Å². The Morgan fingerprint density at radius 3 is 2.56 bits per heavy atom. The van der Waals surface area contributed by atoms with E-state index in [1.807, 2.05) is 62.4 Å². The van der Waals surface area contributed by atoms with Crippen molar-refractivity contribution < 1.29 is 14.0 Å². The third-order valence-electron chi connectivity index (χ3n) is 7.07. The molecular weight excluding hydrogens is 476 g/mol. The average Bonchev–Trinajstić information content (AvgIpc) is 3.25. The number of aryl methyl sites for hydroxylation is 1. The second-order valence-electron chi connectivity index (χ2n) is 9.34. The lowest BCUT2D eigenvalue weighted by Crippen LogP contribution is -2.53. The summed E-state index contributed by atoms with van der Waals surface area (Å²) in [5, 5.41) is 0.618. The molecule has 36 heavy (non-hydrogen) atoms. The monoisotopic (exact) mass is 498 g/mol. The van der Waals surface area contributed by atoms with Gasteiger partial charge in [-0.3, -0.25) is 14.4 Å². The molecule has 0 fully saturated rings. The zero-order chi connectivity index (χ0) is 25.2. The van der Waals surface area contributed by atoms with Crippen molar-refractivity contribution in [1.29, 1.82) is 0 Å². The van der Waals surface area contributed by atoms with Crippen LogP contribution in [0.15, 0.2) is 75.9 Å². The maximum atomic E-state index is 14.5. The Hall–Kier alpha value is -3.90. The van der Waals surface area contributed by atoms with E-state index in [1.54, 1.807) is 17.0 Å². The second kappa shape index (κ2) is 8.07. The molecule has 2 amide bonds. The number of carbonyl (C=O) groups is 2. The quantitative estimate of drug-likeness (QED) is 0.377. The largest absolute Gasteiger partial charge is 0.450 e. The molecule has 1 unspecified atom stereocenters. The molecule has 0 N–H and O–H groups in total. The molecule has 1 atom stereocenters. The van der Waals surface area contributed by atoms with Gasteiger partial charge in [-0.15, -0.1) is 0 Å². The molecule has 0 bridgehead atoms. The fourth-order valence-corrected chi connectivity index (χ4v) is 5.81. The van der Waals surface area contributed by atoms with Crippen LogP contribution in [-0.4, -0.2) is 23.3 Å². The molecule has 4 aromatic rings. The first-order valence-corrected chi connectivity index (χ1v) is 12.3. The van der Waals surface area contributed by atoms with E-state index < -0.39 is 16.9 Å². The van der Waals surface area contributed by atoms with Crippen LogP contribution in [0.1, 0.15) is 46.2 Å². The average molecular weight is 499 g/mol. The fourth-order valence-electron chi connectivity index (χ4n) is 5.64. The zero-order valence-electron chi connectivity index (χ0n) is 19.9. The van der Waals surface area contributed by atoms with E-state index in [0.29, 0.717) is 29.2 Å². The molecule has 2 aliphatic heterocycles. The third kappa shape index (κ3) is 2.94. The van der Waals surface area contributed by atoms with E-state index in [1.165, 1.54) is 11.0 Å². The molecule has 180 valence electrons. The summed E-state index contributed by atoms with van der Waals surface area (Å²) in [6.07, 6.45) is 0.605. The van der Waals surface area contributed by atoms with Crippen molar-refractivity contribution in [3.05, 3.63) is 110 Å². The summed E-state index contributed by atoms with van der Waals surface area (Å²) >= 11 is 6.20. The molecule has 0 saturated carbocycles. The summed E-state index contributed by atoms with van der Waals surface area (Å²) in [5.41, 5.74) is 1.65. The lowest BCUT2D eigenvalue weighted by molar-refractivity contribution is -0.126. The number of amides is 2. The van der Waals surface area contributed by atoms with Crippen LogP contribution >= 0.6 is 11.6 Å². The smallest absolute Gasteiger partial charge is 0.291 e. The maximum Gasteiger partial charge on any atom is 0.291 e. The number of fused-ring (bicyclic) bond motifs is 5. The Balaban J connectivity index is 1.66. The molecular formula is C29H23ClN2O4. The summed E-state index contributed by atoms with van der Waals surface area (Å²) in [6, 6.07) is 20.1. The Labute approximate surface area is 212 Å². The standard InChI is InChI=1S/C29H23ClN2O4/c1-3-13-32-27(34)26-24(25(33)20-15-19(30)11-12-23(20)36-26)29(32)21-9-4-5-10-22(21)31(28(29)35)16-18-8-6-7-17(2)14-18/h4-12,14-15H,3,13,16H2,1-2H3. The second-order valence-corrected chi connectivity index (χ2v) is 9.78. The highest BCUT2D eigenvalue weighted by molar-refractivity contribution is 6.31. The lowest BCUT2D eigenvalue weighted by atomic mass is 9.84. The van der Waals surface area contributed by atoms with Crippen LogP contribution in [0.25, 0.3) is 11.0 Å². The van der Waals surface area contributed by atoms with Gasteiger partial charge in [0, 0.05) is 17.1 Å². The van der Waals surface area contributed by atoms with Gasteiger partial charge >= 0.3 is 0 Å². The number of hydrogen-bond acceptors (Lipinski definition) is 4. The molecule has 3 heterocycles. The third-order valence-corrected chi connectivity index (χ3v) is 7.30. The molecule has 7 heteroatoms. The van der Waals surface area contributed by atoms with Crippen molar-refractivity contribution in [2.24, 2.45) is 0 Å². The molecule has 1 aromatic heterocycles. The number of hydrogen-bond donors (Lipinski definition) is 0. The van der Waals surface area contributed by atoms with Crippen LogP contribution < -0.4 is 10.3 Å². The fraction of sp³-hybridized carbons (Fsp3) is 0.207. The molecule has 3 aromatic carbocycles. The Morgan fingerprint density at radius 2 is 1.78 bits per heavy atom. The Kier molecular flexibility index (Phi) is 5.05. The van der Waals surface area contributed by atoms with Crippen molar-refractivity contribution in [3.63, 3.8) is 0 Å². The van der Waals surface area contributed by atoms with Crippen LogP contribution in [0.2, 0.25) is 5.02 Å². The molecule has 6 nitrogen and oxygen atoms in total. The SMILES string of the molecule is CCCN1C(=O)c2oc3ccc(Cl)cc3c(=O)c2C12C(=O)N(Cc1cccc(C)c1)c1ccccc12. The highest BCUT2D eigenvalue weighted by atomic mass is 35.5. The zero-order valence-corrected chi connectivity index (χ0v) is 20.6. The van der Waals surface area contributed by atoms with Gasteiger partial charge in [0.25, 0.3) is 11.8 Å².